The van der Waals surface area contributed by atoms with Crippen LogP contribution in [0.5, 0.6) is 5.75 Å². The quantitative estimate of drug-likeness (QED) is 0.680. The molecule has 1 aromatic carbocycles. The monoisotopic (exact) mass is 391 g/mol. The summed E-state index contributed by atoms with van der Waals surface area (Å²) in [4.78, 5) is 0.0393. The Kier molecular flexibility index (Phi) is 6.30. The number of rotatable bonds is 8. The second kappa shape index (κ2) is 7.90. The highest BCUT2D eigenvalue weighted by Crippen LogP contribution is 2.33. The van der Waals surface area contributed by atoms with Crippen LogP contribution in [-0.4, -0.2) is 60.2 Å². The van der Waals surface area contributed by atoms with Crippen molar-refractivity contribution in [3.8, 4) is 5.75 Å². The van der Waals surface area contributed by atoms with Crippen molar-refractivity contribution >= 4 is 25.7 Å². The lowest BCUT2D eigenvalue weighted by Gasteiger charge is -2.25. The summed E-state index contributed by atoms with van der Waals surface area (Å²) >= 11 is 0. The van der Waals surface area contributed by atoms with E-state index in [0.29, 0.717) is 13.1 Å². The standard InChI is InChI=1S/C15H25N3O5S2/c1-4-24(19,20)17-12-7-8-15(14(10-12)23-3)25(21,22)18-9-5-6-13(18)11-16-2/h7-8,10,13,16-17H,4-6,9,11H2,1-3H3. The van der Waals surface area contributed by atoms with E-state index in [4.69, 9.17) is 4.74 Å². The Bertz CT molecular complexity index is 808. The van der Waals surface area contributed by atoms with E-state index < -0.39 is 20.0 Å². The number of nitrogens with zero attached hydrogens (tertiary/aromatic N) is 1. The van der Waals surface area contributed by atoms with Crippen LogP contribution in [0.15, 0.2) is 23.1 Å². The van der Waals surface area contributed by atoms with Crippen LogP contribution >= 0.6 is 0 Å². The highest BCUT2D eigenvalue weighted by molar-refractivity contribution is 7.92. The van der Waals surface area contributed by atoms with Crippen LogP contribution in [-0.2, 0) is 20.0 Å². The lowest BCUT2D eigenvalue weighted by molar-refractivity contribution is 0.370. The molecule has 1 heterocycles. The van der Waals surface area contributed by atoms with Gasteiger partial charge in [0.1, 0.15) is 10.6 Å². The van der Waals surface area contributed by atoms with Crippen LogP contribution < -0.4 is 14.8 Å². The summed E-state index contributed by atoms with van der Waals surface area (Å²) in [6.45, 7) is 2.56. The van der Waals surface area contributed by atoms with Crippen molar-refractivity contribution in [1.29, 1.82) is 0 Å². The molecule has 1 atom stereocenters. The molecule has 10 heteroatoms. The molecule has 8 nitrogen and oxygen atoms in total. The first-order chi connectivity index (χ1) is 11.7. The molecule has 2 N–H and O–H groups in total. The molecule has 142 valence electrons. The first kappa shape index (κ1) is 20.0. The fourth-order valence-corrected chi connectivity index (χ4v) is 5.35. The molecule has 25 heavy (non-hydrogen) atoms. The summed E-state index contributed by atoms with van der Waals surface area (Å²) in [5.74, 6) is 0.0425. The number of likely N-dealkylation sites (N-methyl/N-ethyl adjacent to an activating group) is 1. The van der Waals surface area contributed by atoms with Crippen LogP contribution in [0.3, 0.4) is 0 Å². The fraction of sp³-hybridized carbons (Fsp3) is 0.600. The minimum atomic E-state index is -3.73. The Morgan fingerprint density at radius 2 is 2.00 bits per heavy atom. The molecule has 0 aliphatic carbocycles. The summed E-state index contributed by atoms with van der Waals surface area (Å²) in [5, 5.41) is 3.02. The molecule has 2 rings (SSSR count). The SMILES string of the molecule is CCS(=O)(=O)Nc1ccc(S(=O)(=O)N2CCCC2CNC)c(OC)c1. The molecule has 1 fully saturated rings. The van der Waals surface area contributed by atoms with Gasteiger partial charge < -0.3 is 10.1 Å². The summed E-state index contributed by atoms with van der Waals surface area (Å²) < 4.78 is 58.5. The zero-order chi connectivity index (χ0) is 18.7. The van der Waals surface area contributed by atoms with Gasteiger partial charge >= 0.3 is 0 Å². The van der Waals surface area contributed by atoms with E-state index >= 15 is 0 Å². The number of hydrogen-bond acceptors (Lipinski definition) is 6. The van der Waals surface area contributed by atoms with Crippen molar-refractivity contribution in [2.24, 2.45) is 0 Å². The van der Waals surface area contributed by atoms with E-state index in [0.717, 1.165) is 12.8 Å². The number of methoxy groups -OCH3 is 1. The summed E-state index contributed by atoms with van der Waals surface area (Å²) in [6.07, 6.45) is 1.61. The second-order valence-corrected chi connectivity index (χ2v) is 9.71. The van der Waals surface area contributed by atoms with E-state index in [1.807, 2.05) is 0 Å². The van der Waals surface area contributed by atoms with Crippen molar-refractivity contribution < 1.29 is 21.6 Å². The van der Waals surface area contributed by atoms with Crippen molar-refractivity contribution in [3.63, 3.8) is 0 Å². The van der Waals surface area contributed by atoms with E-state index in [1.54, 1.807) is 7.05 Å². The van der Waals surface area contributed by atoms with Crippen molar-refractivity contribution in [3.05, 3.63) is 18.2 Å². The van der Waals surface area contributed by atoms with Crippen LogP contribution in [0.4, 0.5) is 5.69 Å². The lowest BCUT2D eigenvalue weighted by Crippen LogP contribution is -2.40. The molecule has 1 saturated heterocycles. The number of hydrogen-bond donors (Lipinski definition) is 2. The predicted molar refractivity (Wildman–Crippen MR) is 96.9 cm³/mol. The van der Waals surface area contributed by atoms with Crippen molar-refractivity contribution in [2.45, 2.75) is 30.7 Å². The molecule has 1 unspecified atom stereocenters. The number of benzene rings is 1. The number of ether oxygens (including phenoxy) is 1. The summed E-state index contributed by atoms with van der Waals surface area (Å²) in [6, 6.07) is 4.11. The molecular formula is C15H25N3O5S2. The topological polar surface area (TPSA) is 105 Å². The van der Waals surface area contributed by atoms with Crippen LogP contribution in [0.1, 0.15) is 19.8 Å². The Hall–Kier alpha value is -1.36. The molecule has 1 aliphatic rings. The van der Waals surface area contributed by atoms with Gasteiger partial charge in [-0.2, -0.15) is 4.31 Å². The maximum absolute atomic E-state index is 13.0. The summed E-state index contributed by atoms with van der Waals surface area (Å²) in [5.41, 5.74) is 0.269. The number of nitrogens with one attached hydrogen (secondary N) is 2. The molecule has 0 radical (unpaired) electrons. The molecule has 0 aromatic heterocycles. The largest absolute Gasteiger partial charge is 0.495 e. The smallest absolute Gasteiger partial charge is 0.247 e. The van der Waals surface area contributed by atoms with E-state index in [2.05, 4.69) is 10.0 Å². The Balaban J connectivity index is 2.38. The van der Waals surface area contributed by atoms with Crippen LogP contribution in [0, 0.1) is 0 Å². The van der Waals surface area contributed by atoms with Gasteiger partial charge in [0.15, 0.2) is 0 Å². The van der Waals surface area contributed by atoms with Gasteiger partial charge in [0, 0.05) is 25.2 Å². The van der Waals surface area contributed by atoms with Crippen molar-refractivity contribution in [1.82, 2.24) is 9.62 Å². The summed E-state index contributed by atoms with van der Waals surface area (Å²) in [7, 11) is -4.03. The highest BCUT2D eigenvalue weighted by atomic mass is 32.2. The van der Waals surface area contributed by atoms with Gasteiger partial charge in [-0.15, -0.1) is 0 Å². The van der Waals surface area contributed by atoms with Gasteiger partial charge in [-0.1, -0.05) is 0 Å². The van der Waals surface area contributed by atoms with Gasteiger partial charge in [0.25, 0.3) is 0 Å². The minimum Gasteiger partial charge on any atom is -0.495 e. The van der Waals surface area contributed by atoms with Crippen LogP contribution in [0.2, 0.25) is 0 Å². The zero-order valence-electron chi connectivity index (χ0n) is 14.6. The molecule has 0 saturated carbocycles. The first-order valence-electron chi connectivity index (χ1n) is 8.10. The highest BCUT2D eigenvalue weighted by Gasteiger charge is 2.36. The number of anilines is 1. The normalized spacial score (nSPS) is 19.1. The number of sulfonamides is 2. The Morgan fingerprint density at radius 1 is 1.28 bits per heavy atom. The fourth-order valence-electron chi connectivity index (χ4n) is 2.89. The maximum atomic E-state index is 13.0. The van der Waals surface area contributed by atoms with E-state index in [9.17, 15) is 16.8 Å². The third kappa shape index (κ3) is 4.43. The molecule has 1 aliphatic heterocycles. The molecule has 0 bridgehead atoms. The minimum absolute atomic E-state index is 0.0393. The van der Waals surface area contributed by atoms with E-state index in [-0.39, 0.29) is 28.1 Å². The van der Waals surface area contributed by atoms with Gasteiger partial charge in [0.05, 0.1) is 18.6 Å². The Labute approximate surface area is 149 Å². The average molecular weight is 392 g/mol. The predicted octanol–water partition coefficient (Wildman–Crippen LogP) is 0.829. The van der Waals surface area contributed by atoms with E-state index in [1.165, 1.54) is 36.5 Å². The average Bonchev–Trinajstić information content (AvgIpc) is 3.03. The third-order valence-electron chi connectivity index (χ3n) is 4.17. The zero-order valence-corrected chi connectivity index (χ0v) is 16.3. The van der Waals surface area contributed by atoms with Crippen LogP contribution in [0.25, 0.3) is 0 Å². The third-order valence-corrected chi connectivity index (χ3v) is 7.46. The molecule has 0 amide bonds. The lowest BCUT2D eigenvalue weighted by atomic mass is 10.2. The van der Waals surface area contributed by atoms with Gasteiger partial charge in [0.2, 0.25) is 20.0 Å². The maximum Gasteiger partial charge on any atom is 0.247 e. The molecular weight excluding hydrogens is 366 g/mol. The first-order valence-corrected chi connectivity index (χ1v) is 11.2. The molecule has 0 spiro atoms. The van der Waals surface area contributed by atoms with Gasteiger partial charge in [-0.25, -0.2) is 16.8 Å². The van der Waals surface area contributed by atoms with Gasteiger partial charge in [-0.3, -0.25) is 4.72 Å². The molecule has 1 aromatic rings. The van der Waals surface area contributed by atoms with Gasteiger partial charge in [-0.05, 0) is 38.9 Å². The Morgan fingerprint density at radius 3 is 2.60 bits per heavy atom. The van der Waals surface area contributed by atoms with Crippen molar-refractivity contribution in [2.75, 3.05) is 37.7 Å². The second-order valence-electron chi connectivity index (χ2n) is 5.84.